The van der Waals surface area contributed by atoms with Crippen LogP contribution < -0.4 is 16.4 Å². The standard InChI is InChI=1S/C7H14N6O/c8-6(14)13(7-10-1-2-11-7)12-4-3-9-5-12/h9H,1-5H2,(H2,8,14)(H,10,11). The Labute approximate surface area is 81.9 Å². The topological polar surface area (TPSA) is 86.0 Å². The summed E-state index contributed by atoms with van der Waals surface area (Å²) in [5, 5.41) is 9.37. The number of guanidine groups is 1. The highest BCUT2D eigenvalue weighted by Gasteiger charge is 2.27. The van der Waals surface area contributed by atoms with Crippen LogP contribution in [0.15, 0.2) is 4.99 Å². The summed E-state index contributed by atoms with van der Waals surface area (Å²) in [4.78, 5) is 15.4. The quantitative estimate of drug-likeness (QED) is 0.459. The van der Waals surface area contributed by atoms with Crippen molar-refractivity contribution in [2.75, 3.05) is 32.8 Å². The fraction of sp³-hybridized carbons (Fsp3) is 0.714. The molecular formula is C7H14N6O. The molecule has 78 valence electrons. The summed E-state index contributed by atoms with van der Waals surface area (Å²) in [6, 6.07) is -0.498. The van der Waals surface area contributed by atoms with E-state index < -0.39 is 6.03 Å². The summed E-state index contributed by atoms with van der Waals surface area (Å²) in [7, 11) is 0. The number of nitrogens with zero attached hydrogens (tertiary/aromatic N) is 3. The van der Waals surface area contributed by atoms with E-state index in [4.69, 9.17) is 5.73 Å². The van der Waals surface area contributed by atoms with Gasteiger partial charge in [-0.2, -0.15) is 10.0 Å². The number of carbonyl (C=O) groups excluding carboxylic acids is 1. The van der Waals surface area contributed by atoms with Gasteiger partial charge in [0.05, 0.1) is 13.2 Å². The number of nitrogens with two attached hydrogens (primary N) is 1. The number of hydrogen-bond donors (Lipinski definition) is 3. The zero-order valence-corrected chi connectivity index (χ0v) is 7.86. The van der Waals surface area contributed by atoms with Crippen molar-refractivity contribution in [3.8, 4) is 0 Å². The number of primary amides is 1. The third-order valence-corrected chi connectivity index (χ3v) is 2.19. The van der Waals surface area contributed by atoms with Crippen LogP contribution in [0, 0.1) is 0 Å². The second-order valence-electron chi connectivity index (χ2n) is 3.17. The molecule has 2 rings (SSSR count). The van der Waals surface area contributed by atoms with Gasteiger partial charge in [0.1, 0.15) is 0 Å². The van der Waals surface area contributed by atoms with E-state index in [1.54, 1.807) is 0 Å². The van der Waals surface area contributed by atoms with Crippen LogP contribution >= 0.6 is 0 Å². The van der Waals surface area contributed by atoms with Crippen molar-refractivity contribution < 1.29 is 4.79 Å². The summed E-state index contributed by atoms with van der Waals surface area (Å²) >= 11 is 0. The van der Waals surface area contributed by atoms with Crippen LogP contribution in [0.1, 0.15) is 0 Å². The lowest BCUT2D eigenvalue weighted by Gasteiger charge is -2.28. The van der Waals surface area contributed by atoms with E-state index in [-0.39, 0.29) is 0 Å². The van der Waals surface area contributed by atoms with Gasteiger partial charge in [0.25, 0.3) is 0 Å². The fourth-order valence-corrected chi connectivity index (χ4v) is 1.57. The van der Waals surface area contributed by atoms with E-state index in [2.05, 4.69) is 15.6 Å². The lowest BCUT2D eigenvalue weighted by atomic mass is 10.6. The van der Waals surface area contributed by atoms with E-state index in [0.717, 1.165) is 19.6 Å². The van der Waals surface area contributed by atoms with Gasteiger partial charge >= 0.3 is 6.03 Å². The molecule has 0 aromatic carbocycles. The van der Waals surface area contributed by atoms with Crippen LogP contribution in [0.5, 0.6) is 0 Å². The van der Waals surface area contributed by atoms with Crippen molar-refractivity contribution in [3.05, 3.63) is 0 Å². The number of nitrogens with one attached hydrogen (secondary N) is 2. The molecule has 1 fully saturated rings. The first-order valence-electron chi connectivity index (χ1n) is 4.62. The molecule has 7 nitrogen and oxygen atoms in total. The fourth-order valence-electron chi connectivity index (χ4n) is 1.57. The molecule has 0 spiro atoms. The average Bonchev–Trinajstić information content (AvgIpc) is 2.75. The number of urea groups is 1. The first kappa shape index (κ1) is 9.22. The molecule has 4 N–H and O–H groups in total. The Morgan fingerprint density at radius 2 is 2.43 bits per heavy atom. The molecule has 2 amide bonds. The SMILES string of the molecule is NC(=O)N(C1=NCCN1)N1CCNC1. The predicted octanol–water partition coefficient (Wildman–Crippen LogP) is -1.90. The van der Waals surface area contributed by atoms with Crippen molar-refractivity contribution in [2.24, 2.45) is 10.7 Å². The van der Waals surface area contributed by atoms with Crippen molar-refractivity contribution in [2.45, 2.75) is 0 Å². The van der Waals surface area contributed by atoms with Crippen molar-refractivity contribution in [1.29, 1.82) is 0 Å². The van der Waals surface area contributed by atoms with Crippen molar-refractivity contribution >= 4 is 12.0 Å². The number of rotatable bonds is 1. The zero-order valence-electron chi connectivity index (χ0n) is 7.86. The number of hydrazine groups is 1. The maximum atomic E-state index is 11.2. The third-order valence-electron chi connectivity index (χ3n) is 2.19. The van der Waals surface area contributed by atoms with E-state index in [1.165, 1.54) is 5.01 Å². The Morgan fingerprint density at radius 1 is 1.57 bits per heavy atom. The highest BCUT2D eigenvalue weighted by molar-refractivity contribution is 5.95. The summed E-state index contributed by atoms with van der Waals surface area (Å²) in [6.07, 6.45) is 0. The first-order valence-corrected chi connectivity index (χ1v) is 4.62. The van der Waals surface area contributed by atoms with E-state index >= 15 is 0 Å². The van der Waals surface area contributed by atoms with Gasteiger partial charge in [-0.3, -0.25) is 0 Å². The summed E-state index contributed by atoms with van der Waals surface area (Å²) in [5.74, 6) is 0.557. The number of aliphatic imine (C=N–C) groups is 1. The summed E-state index contributed by atoms with van der Waals surface area (Å²) < 4.78 is 0. The Kier molecular flexibility index (Phi) is 2.51. The van der Waals surface area contributed by atoms with Gasteiger partial charge < -0.3 is 16.4 Å². The minimum atomic E-state index is -0.498. The average molecular weight is 198 g/mol. The Balaban J connectivity index is 2.10. The van der Waals surface area contributed by atoms with Crippen LogP contribution in [0.4, 0.5) is 4.79 Å². The highest BCUT2D eigenvalue weighted by Crippen LogP contribution is 2.03. The minimum absolute atomic E-state index is 0.498. The molecule has 0 saturated carbocycles. The smallest absolute Gasteiger partial charge is 0.336 e. The van der Waals surface area contributed by atoms with Gasteiger partial charge in [0, 0.05) is 19.6 Å². The molecule has 2 aliphatic rings. The van der Waals surface area contributed by atoms with E-state index in [0.29, 0.717) is 19.2 Å². The Morgan fingerprint density at radius 3 is 2.93 bits per heavy atom. The molecule has 0 bridgehead atoms. The van der Waals surface area contributed by atoms with E-state index in [9.17, 15) is 4.79 Å². The third kappa shape index (κ3) is 1.64. The molecule has 2 aliphatic heterocycles. The predicted molar refractivity (Wildman–Crippen MR) is 51.3 cm³/mol. The van der Waals surface area contributed by atoms with Gasteiger partial charge in [0.2, 0.25) is 5.96 Å². The van der Waals surface area contributed by atoms with Crippen LogP contribution in [0.3, 0.4) is 0 Å². The molecule has 0 aromatic heterocycles. The van der Waals surface area contributed by atoms with Crippen molar-refractivity contribution in [3.63, 3.8) is 0 Å². The molecule has 0 atom stereocenters. The van der Waals surface area contributed by atoms with Crippen LogP contribution in [-0.2, 0) is 0 Å². The van der Waals surface area contributed by atoms with Crippen LogP contribution in [-0.4, -0.2) is 54.9 Å². The van der Waals surface area contributed by atoms with Gasteiger partial charge in [-0.05, 0) is 0 Å². The number of amides is 2. The zero-order chi connectivity index (χ0) is 9.97. The maximum Gasteiger partial charge on any atom is 0.336 e. The highest BCUT2D eigenvalue weighted by atomic mass is 16.2. The molecule has 0 unspecified atom stereocenters. The molecule has 7 heteroatoms. The summed E-state index contributed by atoms with van der Waals surface area (Å²) in [5.41, 5.74) is 5.29. The van der Waals surface area contributed by atoms with E-state index in [1.807, 2.05) is 5.01 Å². The van der Waals surface area contributed by atoms with Gasteiger partial charge in [-0.25, -0.2) is 9.79 Å². The number of carbonyl (C=O) groups is 1. The molecule has 1 saturated heterocycles. The molecule has 0 aliphatic carbocycles. The molecule has 2 heterocycles. The Hall–Kier alpha value is -1.34. The second kappa shape index (κ2) is 3.81. The van der Waals surface area contributed by atoms with Gasteiger partial charge in [-0.1, -0.05) is 0 Å². The molecule has 0 radical (unpaired) electrons. The lowest BCUT2D eigenvalue weighted by molar-refractivity contribution is 0.101. The summed E-state index contributed by atoms with van der Waals surface area (Å²) in [6.45, 7) is 3.71. The first-order chi connectivity index (χ1) is 6.79. The largest absolute Gasteiger partial charge is 0.353 e. The lowest BCUT2D eigenvalue weighted by Crippen LogP contribution is -2.55. The molecule has 0 aromatic rings. The minimum Gasteiger partial charge on any atom is -0.353 e. The maximum absolute atomic E-state index is 11.2. The van der Waals surface area contributed by atoms with Crippen LogP contribution in [0.25, 0.3) is 0 Å². The monoisotopic (exact) mass is 198 g/mol. The Bertz CT molecular complexity index is 259. The molecule has 14 heavy (non-hydrogen) atoms. The van der Waals surface area contributed by atoms with Gasteiger partial charge in [-0.15, -0.1) is 0 Å². The van der Waals surface area contributed by atoms with Crippen LogP contribution in [0.2, 0.25) is 0 Å². The molecular weight excluding hydrogens is 184 g/mol. The second-order valence-corrected chi connectivity index (χ2v) is 3.17. The number of hydrogen-bond acceptors (Lipinski definition) is 5. The van der Waals surface area contributed by atoms with Crippen molar-refractivity contribution in [1.82, 2.24) is 20.7 Å². The van der Waals surface area contributed by atoms with Gasteiger partial charge in [0.15, 0.2) is 0 Å². The normalized spacial score (nSPS) is 21.9.